The average molecular weight is 307 g/mol. The van der Waals surface area contributed by atoms with Crippen molar-refractivity contribution in [2.24, 2.45) is 0 Å². The summed E-state index contributed by atoms with van der Waals surface area (Å²) >= 11 is 0. The lowest BCUT2D eigenvalue weighted by Crippen LogP contribution is -2.25. The maximum atomic E-state index is 5.23. The van der Waals surface area contributed by atoms with Crippen LogP contribution >= 0.6 is 0 Å². The molecular weight excluding hydrogens is 286 g/mol. The molecular formula is C19H21N3O. The van der Waals surface area contributed by atoms with E-state index in [0.717, 1.165) is 35.7 Å². The minimum Gasteiger partial charge on any atom is -0.497 e. The number of benzene rings is 2. The van der Waals surface area contributed by atoms with E-state index in [2.05, 4.69) is 34.1 Å². The molecule has 2 aromatic carbocycles. The molecule has 1 aliphatic carbocycles. The lowest BCUT2D eigenvalue weighted by atomic mass is 10.2. The quantitative estimate of drug-likeness (QED) is 0.754. The number of H-pyrrole nitrogens is 1. The highest BCUT2D eigenvalue weighted by atomic mass is 16.5. The van der Waals surface area contributed by atoms with E-state index in [0.29, 0.717) is 6.04 Å². The molecule has 23 heavy (non-hydrogen) atoms. The number of fused-ring (bicyclic) bond motifs is 1. The second-order valence-electron chi connectivity index (χ2n) is 6.18. The first-order valence-electron chi connectivity index (χ1n) is 8.12. The summed E-state index contributed by atoms with van der Waals surface area (Å²) in [5, 5.41) is 0. The van der Waals surface area contributed by atoms with Crippen LogP contribution in [0.1, 0.15) is 24.2 Å². The molecule has 0 aliphatic heterocycles. The molecule has 0 amide bonds. The van der Waals surface area contributed by atoms with E-state index in [4.69, 9.17) is 9.72 Å². The third-order valence-corrected chi connectivity index (χ3v) is 4.40. The number of ether oxygens (including phenoxy) is 1. The number of para-hydroxylation sites is 2. The molecule has 3 aromatic rings. The summed E-state index contributed by atoms with van der Waals surface area (Å²) in [6.45, 7) is 1.82. The van der Waals surface area contributed by atoms with Gasteiger partial charge in [0.05, 0.1) is 24.7 Å². The molecule has 1 aliphatic rings. The van der Waals surface area contributed by atoms with Crippen molar-refractivity contribution in [2.45, 2.75) is 32.0 Å². The zero-order chi connectivity index (χ0) is 15.6. The van der Waals surface area contributed by atoms with E-state index in [-0.39, 0.29) is 0 Å². The number of imidazole rings is 1. The fourth-order valence-corrected chi connectivity index (χ4v) is 2.99. The van der Waals surface area contributed by atoms with Crippen LogP contribution in [0.2, 0.25) is 0 Å². The lowest BCUT2D eigenvalue weighted by molar-refractivity contribution is 0.240. The van der Waals surface area contributed by atoms with Gasteiger partial charge in [0.2, 0.25) is 0 Å². The Morgan fingerprint density at radius 1 is 1.09 bits per heavy atom. The molecule has 0 spiro atoms. The topological polar surface area (TPSA) is 41.1 Å². The van der Waals surface area contributed by atoms with Crippen molar-refractivity contribution in [2.75, 3.05) is 7.11 Å². The highest BCUT2D eigenvalue weighted by molar-refractivity contribution is 5.74. The largest absolute Gasteiger partial charge is 0.497 e. The molecule has 4 heteroatoms. The van der Waals surface area contributed by atoms with Gasteiger partial charge in [-0.05, 0) is 42.7 Å². The molecule has 1 aromatic heterocycles. The van der Waals surface area contributed by atoms with E-state index in [1.54, 1.807) is 7.11 Å². The molecule has 1 fully saturated rings. The summed E-state index contributed by atoms with van der Waals surface area (Å²) in [5.41, 5.74) is 3.47. The fourth-order valence-electron chi connectivity index (χ4n) is 2.99. The monoisotopic (exact) mass is 307 g/mol. The van der Waals surface area contributed by atoms with Crippen LogP contribution in [0.15, 0.2) is 48.5 Å². The number of aromatic nitrogens is 2. The standard InChI is InChI=1S/C19H21N3O/c1-23-16-10-6-14(7-11-16)12-22(15-8-9-15)13-19-20-17-4-2-3-5-18(17)21-19/h2-7,10-11,15H,8-9,12-13H2,1H3,(H,20,21). The van der Waals surface area contributed by atoms with Gasteiger partial charge in [-0.15, -0.1) is 0 Å². The minimum absolute atomic E-state index is 0.685. The first kappa shape index (κ1) is 14.3. The number of hydrogen-bond donors (Lipinski definition) is 1. The summed E-state index contributed by atoms with van der Waals surface area (Å²) in [7, 11) is 1.70. The fraction of sp³-hybridized carbons (Fsp3) is 0.316. The summed E-state index contributed by atoms with van der Waals surface area (Å²) in [6, 6.07) is 17.2. The van der Waals surface area contributed by atoms with Crippen LogP contribution in [0.4, 0.5) is 0 Å². The van der Waals surface area contributed by atoms with Gasteiger partial charge in [-0.2, -0.15) is 0 Å². The van der Waals surface area contributed by atoms with Crippen molar-refractivity contribution in [3.8, 4) is 5.75 Å². The molecule has 0 unspecified atom stereocenters. The molecule has 0 atom stereocenters. The molecule has 1 N–H and O–H groups in total. The Kier molecular flexibility index (Phi) is 3.75. The predicted molar refractivity (Wildman–Crippen MR) is 91.4 cm³/mol. The summed E-state index contributed by atoms with van der Waals surface area (Å²) in [5.74, 6) is 1.95. The van der Waals surface area contributed by atoms with Gasteiger partial charge in [0.1, 0.15) is 11.6 Å². The van der Waals surface area contributed by atoms with Crippen molar-refractivity contribution in [1.29, 1.82) is 0 Å². The number of methoxy groups -OCH3 is 1. The summed E-state index contributed by atoms with van der Waals surface area (Å²) in [6.07, 6.45) is 2.58. The van der Waals surface area contributed by atoms with Crippen molar-refractivity contribution in [3.05, 3.63) is 59.9 Å². The third kappa shape index (κ3) is 3.22. The smallest absolute Gasteiger partial charge is 0.121 e. The first-order valence-corrected chi connectivity index (χ1v) is 8.12. The van der Waals surface area contributed by atoms with Gasteiger partial charge in [-0.25, -0.2) is 4.98 Å². The van der Waals surface area contributed by atoms with Gasteiger partial charge in [-0.3, -0.25) is 4.90 Å². The van der Waals surface area contributed by atoms with E-state index in [9.17, 15) is 0 Å². The summed E-state index contributed by atoms with van der Waals surface area (Å²) < 4.78 is 5.23. The number of hydrogen-bond acceptors (Lipinski definition) is 3. The molecule has 1 heterocycles. The Morgan fingerprint density at radius 2 is 1.87 bits per heavy atom. The zero-order valence-electron chi connectivity index (χ0n) is 13.3. The third-order valence-electron chi connectivity index (χ3n) is 4.40. The SMILES string of the molecule is COc1ccc(CN(Cc2nc3ccccc3[nH]2)C2CC2)cc1. The second-order valence-corrected chi connectivity index (χ2v) is 6.18. The normalized spacial score (nSPS) is 14.5. The van der Waals surface area contributed by atoms with Crippen LogP contribution in [0.25, 0.3) is 11.0 Å². The van der Waals surface area contributed by atoms with Gasteiger partial charge in [0, 0.05) is 12.6 Å². The molecule has 0 radical (unpaired) electrons. The first-order chi connectivity index (χ1) is 11.3. The van der Waals surface area contributed by atoms with Crippen molar-refractivity contribution < 1.29 is 4.74 Å². The van der Waals surface area contributed by atoms with Crippen LogP contribution in [-0.2, 0) is 13.1 Å². The molecule has 1 saturated carbocycles. The van der Waals surface area contributed by atoms with E-state index >= 15 is 0 Å². The Balaban J connectivity index is 1.51. The van der Waals surface area contributed by atoms with Crippen LogP contribution in [0.5, 0.6) is 5.75 Å². The Bertz CT molecular complexity index is 757. The Labute approximate surface area is 136 Å². The van der Waals surface area contributed by atoms with Gasteiger partial charge in [0.25, 0.3) is 0 Å². The maximum Gasteiger partial charge on any atom is 0.121 e. The number of nitrogens with zero attached hydrogens (tertiary/aromatic N) is 2. The second kappa shape index (κ2) is 6.05. The number of aromatic amines is 1. The zero-order valence-corrected chi connectivity index (χ0v) is 13.3. The van der Waals surface area contributed by atoms with Crippen molar-refractivity contribution >= 4 is 11.0 Å². The van der Waals surface area contributed by atoms with Gasteiger partial charge in [0.15, 0.2) is 0 Å². The number of rotatable bonds is 6. The maximum absolute atomic E-state index is 5.23. The van der Waals surface area contributed by atoms with E-state index in [1.807, 2.05) is 24.3 Å². The lowest BCUT2D eigenvalue weighted by Gasteiger charge is -2.21. The average Bonchev–Trinajstić information content (AvgIpc) is 3.35. The van der Waals surface area contributed by atoms with Crippen molar-refractivity contribution in [3.63, 3.8) is 0 Å². The van der Waals surface area contributed by atoms with Gasteiger partial charge in [-0.1, -0.05) is 24.3 Å². The number of nitrogens with one attached hydrogen (secondary N) is 1. The Hall–Kier alpha value is -2.33. The molecule has 4 nitrogen and oxygen atoms in total. The van der Waals surface area contributed by atoms with Gasteiger partial charge < -0.3 is 9.72 Å². The summed E-state index contributed by atoms with van der Waals surface area (Å²) in [4.78, 5) is 10.7. The molecule has 0 saturated heterocycles. The van der Waals surface area contributed by atoms with Gasteiger partial charge >= 0.3 is 0 Å². The van der Waals surface area contributed by atoms with Crippen LogP contribution < -0.4 is 4.74 Å². The Morgan fingerprint density at radius 3 is 2.57 bits per heavy atom. The van der Waals surface area contributed by atoms with E-state index in [1.165, 1.54) is 18.4 Å². The molecule has 0 bridgehead atoms. The molecule has 118 valence electrons. The highest BCUT2D eigenvalue weighted by Crippen LogP contribution is 2.30. The predicted octanol–water partition coefficient (Wildman–Crippen LogP) is 3.74. The van der Waals surface area contributed by atoms with Crippen LogP contribution in [0.3, 0.4) is 0 Å². The molecule has 4 rings (SSSR count). The van der Waals surface area contributed by atoms with Crippen LogP contribution in [-0.4, -0.2) is 28.0 Å². The van der Waals surface area contributed by atoms with E-state index < -0.39 is 0 Å². The van der Waals surface area contributed by atoms with Crippen molar-refractivity contribution in [1.82, 2.24) is 14.9 Å². The highest BCUT2D eigenvalue weighted by Gasteiger charge is 2.29. The minimum atomic E-state index is 0.685. The van der Waals surface area contributed by atoms with Crippen LogP contribution in [0, 0.1) is 0 Å².